The number of halogens is 2. The predicted octanol–water partition coefficient (Wildman–Crippen LogP) is 6.10. The summed E-state index contributed by atoms with van der Waals surface area (Å²) in [4.78, 5) is 15.8. The second-order valence-electron chi connectivity index (χ2n) is 9.75. The number of thioether (sulfide) groups is 1. The van der Waals surface area contributed by atoms with Crippen molar-refractivity contribution in [2.75, 3.05) is 19.9 Å². The van der Waals surface area contributed by atoms with E-state index < -0.39 is 12.0 Å². The highest BCUT2D eigenvalue weighted by Crippen LogP contribution is 2.44. The van der Waals surface area contributed by atoms with Crippen molar-refractivity contribution in [3.05, 3.63) is 95.6 Å². The van der Waals surface area contributed by atoms with Crippen molar-refractivity contribution in [2.45, 2.75) is 48.3 Å². The van der Waals surface area contributed by atoms with Gasteiger partial charge in [-0.3, -0.25) is 9.69 Å². The minimum atomic E-state index is -0.711. The Labute approximate surface area is 242 Å². The Morgan fingerprint density at radius 3 is 2.24 bits per heavy atom. The number of rotatable bonds is 9. The van der Waals surface area contributed by atoms with Gasteiger partial charge in [0, 0.05) is 35.0 Å². The van der Waals surface area contributed by atoms with Gasteiger partial charge in [-0.2, -0.15) is 0 Å². The highest BCUT2D eigenvalue weighted by molar-refractivity contribution is 7.98. The van der Waals surface area contributed by atoms with Crippen molar-refractivity contribution in [3.8, 4) is 5.75 Å². The molecule has 0 aliphatic carbocycles. The van der Waals surface area contributed by atoms with Crippen LogP contribution >= 0.6 is 36.6 Å². The molecule has 0 radical (unpaired) electrons. The number of carboxylic acid groups (broad SMARTS) is 1. The summed E-state index contributed by atoms with van der Waals surface area (Å²) in [6, 6.07) is 27.2. The SMILES string of the molecule is COc1ccc(SC)cc1CNC1C2CCN(C(C(=O)O)C2)C1C(c1ccccc1)c1ccccc1.Cl.Cl. The van der Waals surface area contributed by atoms with Gasteiger partial charge in [-0.25, -0.2) is 0 Å². The number of ether oxygens (including phenoxy) is 1. The fourth-order valence-corrected chi connectivity index (χ4v) is 6.73. The van der Waals surface area contributed by atoms with Crippen LogP contribution in [0.4, 0.5) is 0 Å². The molecule has 0 aromatic heterocycles. The molecule has 5 atom stereocenters. The molecule has 2 N–H and O–H groups in total. The van der Waals surface area contributed by atoms with Crippen LogP contribution in [0.3, 0.4) is 0 Å². The summed E-state index contributed by atoms with van der Waals surface area (Å²) in [5.74, 6) is 0.529. The van der Waals surface area contributed by atoms with Crippen molar-refractivity contribution >= 4 is 42.5 Å². The first-order chi connectivity index (χ1) is 17.6. The zero-order valence-corrected chi connectivity index (χ0v) is 24.1. The number of nitrogens with zero attached hydrogens (tertiary/aromatic N) is 1. The fraction of sp³-hybridized carbons (Fsp3) is 0.367. The molecule has 0 amide bonds. The van der Waals surface area contributed by atoms with Gasteiger partial charge in [-0.1, -0.05) is 60.7 Å². The molecule has 6 rings (SSSR count). The Kier molecular flexibility index (Phi) is 10.9. The van der Waals surface area contributed by atoms with Gasteiger partial charge in [-0.05, 0) is 60.9 Å². The number of nitrogens with one attached hydrogen (secondary N) is 1. The third kappa shape index (κ3) is 6.16. The number of carbonyl (C=O) groups is 1. The van der Waals surface area contributed by atoms with Gasteiger partial charge in [0.2, 0.25) is 0 Å². The maximum atomic E-state index is 12.3. The molecule has 2 bridgehead atoms. The first-order valence-corrected chi connectivity index (χ1v) is 13.9. The van der Waals surface area contributed by atoms with Gasteiger partial charge in [-0.15, -0.1) is 36.6 Å². The number of hydrogen-bond donors (Lipinski definition) is 2. The second-order valence-corrected chi connectivity index (χ2v) is 10.6. The monoisotopic (exact) mass is 574 g/mol. The lowest BCUT2D eigenvalue weighted by atomic mass is 9.68. The van der Waals surface area contributed by atoms with Crippen molar-refractivity contribution in [1.29, 1.82) is 0 Å². The average molecular weight is 576 g/mol. The van der Waals surface area contributed by atoms with E-state index >= 15 is 0 Å². The largest absolute Gasteiger partial charge is 0.496 e. The van der Waals surface area contributed by atoms with Crippen molar-refractivity contribution in [2.24, 2.45) is 5.92 Å². The maximum absolute atomic E-state index is 12.3. The Balaban J connectivity index is 0.00000200. The minimum Gasteiger partial charge on any atom is -0.496 e. The molecule has 5 nitrogen and oxygen atoms in total. The number of benzene rings is 3. The summed E-state index contributed by atoms with van der Waals surface area (Å²) < 4.78 is 5.67. The number of hydrogen-bond acceptors (Lipinski definition) is 5. The number of carboxylic acids is 1. The van der Waals surface area contributed by atoms with Gasteiger partial charge < -0.3 is 15.2 Å². The van der Waals surface area contributed by atoms with Crippen LogP contribution in [0.2, 0.25) is 0 Å². The zero-order chi connectivity index (χ0) is 25.1. The molecule has 0 saturated carbocycles. The Hall–Kier alpha value is -2.22. The van der Waals surface area contributed by atoms with E-state index in [-0.39, 0.29) is 42.8 Å². The smallest absolute Gasteiger partial charge is 0.320 e. The maximum Gasteiger partial charge on any atom is 0.320 e. The molecule has 3 aliphatic heterocycles. The van der Waals surface area contributed by atoms with E-state index in [9.17, 15) is 9.90 Å². The predicted molar refractivity (Wildman–Crippen MR) is 159 cm³/mol. The van der Waals surface area contributed by atoms with Crippen LogP contribution in [-0.2, 0) is 11.3 Å². The van der Waals surface area contributed by atoms with Crippen LogP contribution in [0.15, 0.2) is 83.8 Å². The van der Waals surface area contributed by atoms with Gasteiger partial charge in [0.05, 0.1) is 7.11 Å². The van der Waals surface area contributed by atoms with Gasteiger partial charge >= 0.3 is 5.97 Å². The van der Waals surface area contributed by atoms with Crippen LogP contribution in [0, 0.1) is 5.92 Å². The third-order valence-corrected chi connectivity index (χ3v) is 8.63. The van der Waals surface area contributed by atoms with Crippen LogP contribution in [0.5, 0.6) is 5.75 Å². The lowest BCUT2D eigenvalue weighted by Gasteiger charge is -2.56. The molecular weight excluding hydrogens is 539 g/mol. The number of methoxy groups -OCH3 is 1. The molecule has 204 valence electrons. The second kappa shape index (κ2) is 13.7. The summed E-state index contributed by atoms with van der Waals surface area (Å²) in [6.07, 6.45) is 3.77. The lowest BCUT2D eigenvalue weighted by molar-refractivity contribution is -0.152. The quantitative estimate of drug-likeness (QED) is 0.301. The standard InChI is InChI=1S/C30H34N2O3S.2ClH/c1-35-26-14-13-24(36-2)17-23(26)19-31-28-22-15-16-32(25(18-22)30(33)34)29(28)27(20-9-5-3-6-10-20)21-11-7-4-8-12-21;;/h3-14,17,22,25,27-29,31H,15-16,18-19H2,1-2H3,(H,33,34);2*1H. The summed E-state index contributed by atoms with van der Waals surface area (Å²) in [6.45, 7) is 1.49. The molecule has 0 spiro atoms. The summed E-state index contributed by atoms with van der Waals surface area (Å²) >= 11 is 1.72. The van der Waals surface area contributed by atoms with Crippen LogP contribution in [0.1, 0.15) is 35.4 Å². The van der Waals surface area contributed by atoms with E-state index in [1.165, 1.54) is 16.0 Å². The number of fused-ring (bicyclic) bond motifs is 3. The van der Waals surface area contributed by atoms with Gasteiger partial charge in [0.1, 0.15) is 11.8 Å². The van der Waals surface area contributed by atoms with Crippen molar-refractivity contribution in [3.63, 3.8) is 0 Å². The molecule has 5 unspecified atom stereocenters. The van der Waals surface area contributed by atoms with E-state index in [0.717, 1.165) is 24.3 Å². The first-order valence-electron chi connectivity index (χ1n) is 12.6. The van der Waals surface area contributed by atoms with Crippen LogP contribution < -0.4 is 10.1 Å². The molecule has 3 fully saturated rings. The normalized spacial score (nSPS) is 23.8. The summed E-state index contributed by atoms with van der Waals surface area (Å²) in [5.41, 5.74) is 3.57. The minimum absolute atomic E-state index is 0. The Bertz CT molecular complexity index is 1150. The lowest BCUT2D eigenvalue weighted by Crippen LogP contribution is -2.69. The van der Waals surface area contributed by atoms with E-state index in [0.29, 0.717) is 18.9 Å². The fourth-order valence-electron chi connectivity index (χ4n) is 6.26. The number of aliphatic carboxylic acids is 1. The van der Waals surface area contributed by atoms with Gasteiger partial charge in [0.15, 0.2) is 0 Å². The van der Waals surface area contributed by atoms with E-state index in [2.05, 4.69) is 77.1 Å². The molecule has 38 heavy (non-hydrogen) atoms. The van der Waals surface area contributed by atoms with Crippen molar-refractivity contribution < 1.29 is 14.6 Å². The summed E-state index contributed by atoms with van der Waals surface area (Å²) in [5, 5.41) is 14.0. The molecule has 3 aliphatic rings. The molecule has 3 aromatic carbocycles. The molecule has 3 aromatic rings. The highest BCUT2D eigenvalue weighted by Gasteiger charge is 2.52. The molecule has 3 heterocycles. The van der Waals surface area contributed by atoms with E-state index in [1.807, 2.05) is 18.2 Å². The van der Waals surface area contributed by atoms with E-state index in [1.54, 1.807) is 18.9 Å². The summed E-state index contributed by atoms with van der Waals surface area (Å²) in [7, 11) is 1.72. The van der Waals surface area contributed by atoms with Gasteiger partial charge in [0.25, 0.3) is 0 Å². The molecule has 3 saturated heterocycles. The number of piperidine rings is 3. The Morgan fingerprint density at radius 2 is 1.68 bits per heavy atom. The van der Waals surface area contributed by atoms with Crippen LogP contribution in [0.25, 0.3) is 0 Å². The zero-order valence-electron chi connectivity index (χ0n) is 21.7. The topological polar surface area (TPSA) is 61.8 Å². The van der Waals surface area contributed by atoms with Crippen molar-refractivity contribution in [1.82, 2.24) is 10.2 Å². The Morgan fingerprint density at radius 1 is 1.05 bits per heavy atom. The first kappa shape index (κ1) is 30.3. The molecule has 8 heteroatoms. The molecular formula is C30H36Cl2N2O3S. The van der Waals surface area contributed by atoms with Crippen LogP contribution in [-0.4, -0.2) is 54.0 Å². The van der Waals surface area contributed by atoms with E-state index in [4.69, 9.17) is 4.74 Å². The average Bonchev–Trinajstić information content (AvgIpc) is 2.93. The third-order valence-electron chi connectivity index (χ3n) is 7.90. The highest BCUT2D eigenvalue weighted by atomic mass is 35.5.